The van der Waals surface area contributed by atoms with E-state index in [1.165, 1.54) is 12.1 Å². The molecule has 0 N–H and O–H groups in total. The first kappa shape index (κ1) is 9.11. The highest BCUT2D eigenvalue weighted by molar-refractivity contribution is 5.45. The molecule has 1 radical (unpaired) electrons. The Morgan fingerprint density at radius 3 is 2.42 bits per heavy atom. The molecule has 1 rings (SSSR count). The largest absolute Gasteiger partial charge is 0.372 e. The fourth-order valence-electron chi connectivity index (χ4n) is 1.28. The molecule has 1 aromatic carbocycles. The lowest BCUT2D eigenvalue weighted by atomic mass is 10.3. The standard InChI is InChI=1S/C11H16N/c1-3-10-12(4-2)11-8-6-5-7-9-11/h5-9H,2-4,10H2,1H3. The lowest BCUT2D eigenvalue weighted by Gasteiger charge is -2.21. The summed E-state index contributed by atoms with van der Waals surface area (Å²) in [5, 5.41) is 0. The Morgan fingerprint density at radius 1 is 1.25 bits per heavy atom. The average Bonchev–Trinajstić information content (AvgIpc) is 2.15. The Kier molecular flexibility index (Phi) is 3.65. The molecule has 0 aliphatic heterocycles. The maximum atomic E-state index is 3.91. The Labute approximate surface area is 75.0 Å². The van der Waals surface area contributed by atoms with Crippen molar-refractivity contribution in [3.8, 4) is 0 Å². The summed E-state index contributed by atoms with van der Waals surface area (Å²) in [7, 11) is 0. The van der Waals surface area contributed by atoms with Gasteiger partial charge in [0.15, 0.2) is 0 Å². The summed E-state index contributed by atoms with van der Waals surface area (Å²) < 4.78 is 0. The zero-order valence-electron chi connectivity index (χ0n) is 7.66. The van der Waals surface area contributed by atoms with E-state index in [1.54, 1.807) is 0 Å². The van der Waals surface area contributed by atoms with Crippen LogP contribution >= 0.6 is 0 Å². The number of hydrogen-bond acceptors (Lipinski definition) is 1. The van der Waals surface area contributed by atoms with Gasteiger partial charge in [0.1, 0.15) is 0 Å². The monoisotopic (exact) mass is 162 g/mol. The first-order chi connectivity index (χ1) is 5.88. The third kappa shape index (κ3) is 2.26. The molecule has 65 valence electrons. The van der Waals surface area contributed by atoms with Gasteiger partial charge in [-0.3, -0.25) is 0 Å². The van der Waals surface area contributed by atoms with Crippen molar-refractivity contribution in [2.24, 2.45) is 0 Å². The van der Waals surface area contributed by atoms with Gasteiger partial charge in [-0.05, 0) is 25.5 Å². The highest BCUT2D eigenvalue weighted by atomic mass is 15.1. The van der Waals surface area contributed by atoms with Crippen molar-refractivity contribution in [3.63, 3.8) is 0 Å². The van der Waals surface area contributed by atoms with Crippen LogP contribution in [0.15, 0.2) is 30.3 Å². The molecule has 0 unspecified atom stereocenters. The van der Waals surface area contributed by atoms with Gasteiger partial charge < -0.3 is 4.90 Å². The second-order valence-electron chi connectivity index (χ2n) is 2.82. The minimum absolute atomic E-state index is 0.845. The zero-order chi connectivity index (χ0) is 8.81. The number of nitrogens with zero attached hydrogens (tertiary/aromatic N) is 1. The molecule has 0 heterocycles. The molecule has 1 heteroatoms. The average molecular weight is 162 g/mol. The third-order valence-corrected chi connectivity index (χ3v) is 1.88. The maximum absolute atomic E-state index is 3.91. The van der Waals surface area contributed by atoms with E-state index in [4.69, 9.17) is 0 Å². The van der Waals surface area contributed by atoms with Gasteiger partial charge >= 0.3 is 0 Å². The molecule has 0 fully saturated rings. The van der Waals surface area contributed by atoms with Crippen LogP contribution in [0.25, 0.3) is 0 Å². The molecular weight excluding hydrogens is 146 g/mol. The van der Waals surface area contributed by atoms with Crippen molar-refractivity contribution in [2.75, 3.05) is 18.0 Å². The Morgan fingerprint density at radius 2 is 1.92 bits per heavy atom. The van der Waals surface area contributed by atoms with Crippen molar-refractivity contribution < 1.29 is 0 Å². The lowest BCUT2D eigenvalue weighted by Crippen LogP contribution is -2.23. The molecule has 0 saturated heterocycles. The summed E-state index contributed by atoms with van der Waals surface area (Å²) >= 11 is 0. The predicted molar refractivity (Wildman–Crippen MR) is 54.3 cm³/mol. The van der Waals surface area contributed by atoms with E-state index < -0.39 is 0 Å². The smallest absolute Gasteiger partial charge is 0.0366 e. The molecule has 1 aromatic rings. The second-order valence-corrected chi connectivity index (χ2v) is 2.82. The molecule has 0 bridgehead atoms. The highest BCUT2D eigenvalue weighted by Gasteiger charge is 1.99. The van der Waals surface area contributed by atoms with E-state index in [0.717, 1.165) is 13.1 Å². The van der Waals surface area contributed by atoms with Crippen LogP contribution in [-0.4, -0.2) is 13.1 Å². The summed E-state index contributed by atoms with van der Waals surface area (Å²) in [5.41, 5.74) is 1.27. The molecule has 12 heavy (non-hydrogen) atoms. The van der Waals surface area contributed by atoms with Crippen LogP contribution in [0.4, 0.5) is 5.69 Å². The summed E-state index contributed by atoms with van der Waals surface area (Å²) in [6.45, 7) is 8.03. The Bertz CT molecular complexity index is 206. The first-order valence-corrected chi connectivity index (χ1v) is 4.47. The van der Waals surface area contributed by atoms with Crippen molar-refractivity contribution >= 4 is 5.69 Å². The van der Waals surface area contributed by atoms with Crippen molar-refractivity contribution in [2.45, 2.75) is 13.3 Å². The summed E-state index contributed by atoms with van der Waals surface area (Å²) in [6.07, 6.45) is 1.17. The van der Waals surface area contributed by atoms with E-state index in [9.17, 15) is 0 Å². The van der Waals surface area contributed by atoms with Crippen molar-refractivity contribution in [1.82, 2.24) is 0 Å². The van der Waals surface area contributed by atoms with Crippen LogP contribution in [0.2, 0.25) is 0 Å². The number of hydrogen-bond donors (Lipinski definition) is 0. The van der Waals surface area contributed by atoms with Crippen LogP contribution in [0.1, 0.15) is 13.3 Å². The molecule has 0 spiro atoms. The number of benzene rings is 1. The van der Waals surface area contributed by atoms with Crippen molar-refractivity contribution in [1.29, 1.82) is 0 Å². The van der Waals surface area contributed by atoms with Gasteiger partial charge in [0.25, 0.3) is 0 Å². The zero-order valence-corrected chi connectivity index (χ0v) is 7.66. The van der Waals surface area contributed by atoms with Crippen LogP contribution in [0.5, 0.6) is 0 Å². The van der Waals surface area contributed by atoms with Gasteiger partial charge in [-0.15, -0.1) is 0 Å². The minimum Gasteiger partial charge on any atom is -0.372 e. The SMILES string of the molecule is [CH2]CN(CCC)c1ccccc1. The van der Waals surface area contributed by atoms with E-state index in [2.05, 4.69) is 43.0 Å². The quantitative estimate of drug-likeness (QED) is 0.658. The molecule has 0 aliphatic rings. The third-order valence-electron chi connectivity index (χ3n) is 1.88. The molecule has 0 aromatic heterocycles. The van der Waals surface area contributed by atoms with Gasteiger partial charge in [-0.25, -0.2) is 0 Å². The second kappa shape index (κ2) is 4.81. The van der Waals surface area contributed by atoms with Crippen LogP contribution in [-0.2, 0) is 0 Å². The van der Waals surface area contributed by atoms with Gasteiger partial charge in [0.05, 0.1) is 0 Å². The molecule has 0 atom stereocenters. The number of anilines is 1. The normalized spacial score (nSPS) is 9.83. The van der Waals surface area contributed by atoms with Gasteiger partial charge in [0, 0.05) is 18.8 Å². The lowest BCUT2D eigenvalue weighted by molar-refractivity contribution is 0.815. The Hall–Kier alpha value is -0.980. The van der Waals surface area contributed by atoms with E-state index in [-0.39, 0.29) is 0 Å². The van der Waals surface area contributed by atoms with E-state index >= 15 is 0 Å². The van der Waals surface area contributed by atoms with Crippen molar-refractivity contribution in [3.05, 3.63) is 37.3 Å². The summed E-state index contributed by atoms with van der Waals surface area (Å²) in [4.78, 5) is 2.28. The fraction of sp³-hybridized carbons (Fsp3) is 0.364. The summed E-state index contributed by atoms with van der Waals surface area (Å²) in [6, 6.07) is 10.4. The van der Waals surface area contributed by atoms with Gasteiger partial charge in [0.2, 0.25) is 0 Å². The van der Waals surface area contributed by atoms with E-state index in [0.29, 0.717) is 0 Å². The van der Waals surface area contributed by atoms with Crippen LogP contribution in [0.3, 0.4) is 0 Å². The number of para-hydroxylation sites is 1. The number of rotatable bonds is 4. The topological polar surface area (TPSA) is 3.24 Å². The summed E-state index contributed by atoms with van der Waals surface area (Å²) in [5.74, 6) is 0. The van der Waals surface area contributed by atoms with Gasteiger partial charge in [-0.1, -0.05) is 25.1 Å². The molecule has 0 saturated carbocycles. The van der Waals surface area contributed by atoms with Gasteiger partial charge in [-0.2, -0.15) is 0 Å². The van der Waals surface area contributed by atoms with Crippen LogP contribution < -0.4 is 4.90 Å². The predicted octanol–water partition coefficient (Wildman–Crippen LogP) is 2.74. The van der Waals surface area contributed by atoms with Crippen LogP contribution in [0, 0.1) is 6.92 Å². The first-order valence-electron chi connectivity index (χ1n) is 4.47. The molecule has 1 nitrogen and oxygen atoms in total. The highest BCUT2D eigenvalue weighted by Crippen LogP contribution is 2.12. The van der Waals surface area contributed by atoms with E-state index in [1.807, 2.05) is 6.07 Å². The Balaban J connectivity index is 2.66. The molecule has 0 aliphatic carbocycles. The molecule has 0 amide bonds. The molecular formula is C11H16N. The minimum atomic E-state index is 0.845. The fourth-order valence-corrected chi connectivity index (χ4v) is 1.28. The maximum Gasteiger partial charge on any atom is 0.0366 e.